The van der Waals surface area contributed by atoms with Crippen molar-refractivity contribution in [1.29, 1.82) is 0 Å². The average molecular weight is 260 g/mol. The van der Waals surface area contributed by atoms with Crippen molar-refractivity contribution in [2.75, 3.05) is 12.4 Å². The first-order valence-electron chi connectivity index (χ1n) is 6.56. The standard InChI is InChI=1S/C16H20OS/c1-2-5-13(12-18)11-17-16-9-8-14-6-3-4-7-15(14)10-16/h3-4,6-10,13,18H,2,5,11-12H2,1H3. The van der Waals surface area contributed by atoms with Crippen molar-refractivity contribution in [1.82, 2.24) is 0 Å². The number of hydrogen-bond donors (Lipinski definition) is 1. The molecule has 0 aliphatic carbocycles. The molecule has 0 saturated heterocycles. The lowest BCUT2D eigenvalue weighted by atomic mass is 10.1. The lowest BCUT2D eigenvalue weighted by Gasteiger charge is -2.14. The van der Waals surface area contributed by atoms with E-state index in [0.717, 1.165) is 18.1 Å². The number of rotatable bonds is 6. The second-order valence-electron chi connectivity index (χ2n) is 4.66. The molecule has 2 heteroatoms. The molecule has 0 spiro atoms. The molecule has 0 amide bonds. The van der Waals surface area contributed by atoms with Gasteiger partial charge in [0.05, 0.1) is 6.61 Å². The van der Waals surface area contributed by atoms with Crippen LogP contribution in [-0.4, -0.2) is 12.4 Å². The van der Waals surface area contributed by atoms with Gasteiger partial charge >= 0.3 is 0 Å². The predicted octanol–water partition coefficient (Wildman–Crippen LogP) is 4.56. The fraction of sp³-hybridized carbons (Fsp3) is 0.375. The van der Waals surface area contributed by atoms with E-state index in [-0.39, 0.29) is 0 Å². The zero-order chi connectivity index (χ0) is 12.8. The summed E-state index contributed by atoms with van der Waals surface area (Å²) in [5.41, 5.74) is 0. The molecule has 0 bridgehead atoms. The smallest absolute Gasteiger partial charge is 0.119 e. The third-order valence-electron chi connectivity index (χ3n) is 3.16. The maximum Gasteiger partial charge on any atom is 0.119 e. The molecule has 1 nitrogen and oxygen atoms in total. The van der Waals surface area contributed by atoms with Crippen LogP contribution in [0.1, 0.15) is 19.8 Å². The number of hydrogen-bond acceptors (Lipinski definition) is 2. The molecule has 2 aromatic carbocycles. The summed E-state index contributed by atoms with van der Waals surface area (Å²) in [6.07, 6.45) is 2.36. The molecule has 0 N–H and O–H groups in total. The fourth-order valence-electron chi connectivity index (χ4n) is 2.11. The van der Waals surface area contributed by atoms with Crippen LogP contribution in [0.3, 0.4) is 0 Å². The molecular weight excluding hydrogens is 240 g/mol. The van der Waals surface area contributed by atoms with Gasteiger partial charge in [0.15, 0.2) is 0 Å². The zero-order valence-corrected chi connectivity index (χ0v) is 11.7. The van der Waals surface area contributed by atoms with Crippen molar-refractivity contribution in [2.45, 2.75) is 19.8 Å². The summed E-state index contributed by atoms with van der Waals surface area (Å²) in [5, 5.41) is 2.48. The van der Waals surface area contributed by atoms with Gasteiger partial charge in [-0.3, -0.25) is 0 Å². The predicted molar refractivity (Wildman–Crippen MR) is 81.7 cm³/mol. The van der Waals surface area contributed by atoms with E-state index in [4.69, 9.17) is 4.74 Å². The van der Waals surface area contributed by atoms with Crippen molar-refractivity contribution >= 4 is 23.4 Å². The second kappa shape index (κ2) is 6.69. The van der Waals surface area contributed by atoms with Crippen LogP contribution in [0.5, 0.6) is 5.75 Å². The second-order valence-corrected chi connectivity index (χ2v) is 5.02. The largest absolute Gasteiger partial charge is 0.493 e. The van der Waals surface area contributed by atoms with E-state index in [1.807, 2.05) is 6.07 Å². The van der Waals surface area contributed by atoms with E-state index in [9.17, 15) is 0 Å². The van der Waals surface area contributed by atoms with E-state index < -0.39 is 0 Å². The van der Waals surface area contributed by atoms with Crippen molar-refractivity contribution in [2.24, 2.45) is 5.92 Å². The first-order valence-corrected chi connectivity index (χ1v) is 7.19. The minimum atomic E-state index is 0.546. The molecule has 0 saturated carbocycles. The van der Waals surface area contributed by atoms with Crippen LogP contribution in [0.4, 0.5) is 0 Å². The zero-order valence-electron chi connectivity index (χ0n) is 10.8. The summed E-state index contributed by atoms with van der Waals surface area (Å²) < 4.78 is 5.87. The average Bonchev–Trinajstić information content (AvgIpc) is 2.43. The van der Waals surface area contributed by atoms with Gasteiger partial charge in [-0.1, -0.05) is 43.7 Å². The number of fused-ring (bicyclic) bond motifs is 1. The Kier molecular flexibility index (Phi) is 4.94. The first kappa shape index (κ1) is 13.3. The van der Waals surface area contributed by atoms with Crippen LogP contribution in [0.25, 0.3) is 10.8 Å². The minimum Gasteiger partial charge on any atom is -0.493 e. The van der Waals surface area contributed by atoms with Gasteiger partial charge in [0.1, 0.15) is 5.75 Å². The van der Waals surface area contributed by atoms with Gasteiger partial charge < -0.3 is 4.74 Å². The number of ether oxygens (including phenoxy) is 1. The molecule has 1 atom stereocenters. The van der Waals surface area contributed by atoms with E-state index >= 15 is 0 Å². The SMILES string of the molecule is CCCC(CS)COc1ccc2ccccc2c1. The van der Waals surface area contributed by atoms with Crippen LogP contribution >= 0.6 is 12.6 Å². The molecule has 0 radical (unpaired) electrons. The lowest BCUT2D eigenvalue weighted by Crippen LogP contribution is -2.13. The van der Waals surface area contributed by atoms with E-state index in [1.54, 1.807) is 0 Å². The first-order chi connectivity index (χ1) is 8.83. The Morgan fingerprint density at radius 2 is 1.89 bits per heavy atom. The van der Waals surface area contributed by atoms with Crippen molar-refractivity contribution in [3.8, 4) is 5.75 Å². The molecule has 0 aliphatic rings. The summed E-state index contributed by atoms with van der Waals surface area (Å²) in [4.78, 5) is 0. The maximum atomic E-state index is 5.87. The lowest BCUT2D eigenvalue weighted by molar-refractivity contribution is 0.255. The van der Waals surface area contributed by atoms with Gasteiger partial charge in [-0.05, 0) is 35.1 Å². The topological polar surface area (TPSA) is 9.23 Å². The molecule has 1 unspecified atom stereocenters. The van der Waals surface area contributed by atoms with Gasteiger partial charge in [-0.15, -0.1) is 0 Å². The Hall–Kier alpha value is -1.15. The van der Waals surface area contributed by atoms with Crippen LogP contribution in [-0.2, 0) is 0 Å². The highest BCUT2D eigenvalue weighted by Crippen LogP contribution is 2.21. The fourth-order valence-corrected chi connectivity index (χ4v) is 2.39. The van der Waals surface area contributed by atoms with Crippen LogP contribution in [0.15, 0.2) is 42.5 Å². The Bertz CT molecular complexity index is 495. The van der Waals surface area contributed by atoms with E-state index in [0.29, 0.717) is 5.92 Å². The van der Waals surface area contributed by atoms with E-state index in [2.05, 4.69) is 56.0 Å². The molecule has 0 fully saturated rings. The Labute approximate surface area is 115 Å². The van der Waals surface area contributed by atoms with E-state index in [1.165, 1.54) is 23.6 Å². The molecule has 0 aliphatic heterocycles. The van der Waals surface area contributed by atoms with Crippen molar-refractivity contribution in [3.63, 3.8) is 0 Å². The number of benzene rings is 2. The highest BCUT2D eigenvalue weighted by molar-refractivity contribution is 7.80. The highest BCUT2D eigenvalue weighted by atomic mass is 32.1. The maximum absolute atomic E-state index is 5.87. The van der Waals surface area contributed by atoms with Gasteiger partial charge in [-0.25, -0.2) is 0 Å². The molecule has 2 rings (SSSR count). The molecular formula is C16H20OS. The third kappa shape index (κ3) is 3.42. The minimum absolute atomic E-state index is 0.546. The molecule has 96 valence electrons. The van der Waals surface area contributed by atoms with Crippen LogP contribution < -0.4 is 4.74 Å². The van der Waals surface area contributed by atoms with Crippen LogP contribution in [0.2, 0.25) is 0 Å². The van der Waals surface area contributed by atoms with Gasteiger partial charge in [0, 0.05) is 5.92 Å². The quantitative estimate of drug-likeness (QED) is 0.749. The molecule has 18 heavy (non-hydrogen) atoms. The van der Waals surface area contributed by atoms with Gasteiger partial charge in [0.2, 0.25) is 0 Å². The summed E-state index contributed by atoms with van der Waals surface area (Å²) in [5.74, 6) is 2.39. The van der Waals surface area contributed by atoms with Crippen molar-refractivity contribution < 1.29 is 4.74 Å². The Balaban J connectivity index is 2.03. The van der Waals surface area contributed by atoms with Crippen LogP contribution in [0, 0.1) is 5.92 Å². The Morgan fingerprint density at radius 3 is 2.61 bits per heavy atom. The van der Waals surface area contributed by atoms with Gasteiger partial charge in [-0.2, -0.15) is 12.6 Å². The summed E-state index contributed by atoms with van der Waals surface area (Å²) >= 11 is 4.37. The summed E-state index contributed by atoms with van der Waals surface area (Å²) in [7, 11) is 0. The molecule has 0 aromatic heterocycles. The normalized spacial score (nSPS) is 12.6. The Morgan fingerprint density at radius 1 is 1.11 bits per heavy atom. The highest BCUT2D eigenvalue weighted by Gasteiger charge is 2.06. The third-order valence-corrected chi connectivity index (χ3v) is 3.68. The number of thiol groups is 1. The summed E-state index contributed by atoms with van der Waals surface area (Å²) in [6, 6.07) is 14.6. The van der Waals surface area contributed by atoms with Gasteiger partial charge in [0.25, 0.3) is 0 Å². The monoisotopic (exact) mass is 260 g/mol. The summed E-state index contributed by atoms with van der Waals surface area (Å²) in [6.45, 7) is 2.96. The molecule has 0 heterocycles. The molecule has 2 aromatic rings. The van der Waals surface area contributed by atoms with Crippen molar-refractivity contribution in [3.05, 3.63) is 42.5 Å².